The van der Waals surface area contributed by atoms with Crippen LogP contribution in [0.1, 0.15) is 12.5 Å². The van der Waals surface area contributed by atoms with Crippen molar-refractivity contribution in [2.24, 2.45) is 0 Å². The second-order valence-corrected chi connectivity index (χ2v) is 5.82. The first-order valence-electron chi connectivity index (χ1n) is 7.42. The van der Waals surface area contributed by atoms with Gasteiger partial charge in [-0.15, -0.1) is 0 Å². The van der Waals surface area contributed by atoms with E-state index < -0.39 is 6.10 Å². The normalized spacial score (nSPS) is 22.5. The van der Waals surface area contributed by atoms with Gasteiger partial charge in [0.15, 0.2) is 0 Å². The number of aromatic nitrogens is 1. The van der Waals surface area contributed by atoms with E-state index >= 15 is 0 Å². The Bertz CT molecular complexity index is 799. The fourth-order valence-electron chi connectivity index (χ4n) is 3.48. The van der Waals surface area contributed by atoms with Gasteiger partial charge in [0.1, 0.15) is 11.6 Å². The molecule has 2 unspecified atom stereocenters. The molecule has 2 atom stereocenters. The molecule has 3 aromatic rings. The largest absolute Gasteiger partial charge is 0.390 e. The number of hydrogen-bond donors (Lipinski definition) is 2. The molecule has 1 fully saturated rings. The average molecular weight is 302 g/mol. The van der Waals surface area contributed by atoms with Crippen molar-refractivity contribution in [2.75, 3.05) is 13.1 Å². The van der Waals surface area contributed by atoms with Crippen LogP contribution in [0.25, 0.3) is 21.8 Å². The van der Waals surface area contributed by atoms with Crippen molar-refractivity contribution in [3.63, 3.8) is 0 Å². The summed E-state index contributed by atoms with van der Waals surface area (Å²) in [4.78, 5) is 0. The summed E-state index contributed by atoms with van der Waals surface area (Å²) >= 11 is 0. The summed E-state index contributed by atoms with van der Waals surface area (Å²) in [5.74, 6) is -0.691. The predicted molar refractivity (Wildman–Crippen MR) is 81.9 cm³/mol. The minimum absolute atomic E-state index is 0.0998. The van der Waals surface area contributed by atoms with Crippen LogP contribution in [-0.4, -0.2) is 28.9 Å². The molecule has 2 aromatic carbocycles. The number of aliphatic hydroxyl groups is 1. The molecule has 2 N–H and O–H groups in total. The van der Waals surface area contributed by atoms with Crippen LogP contribution >= 0.6 is 0 Å². The van der Waals surface area contributed by atoms with E-state index in [1.807, 2.05) is 4.57 Å². The number of nitrogens with one attached hydrogen (secondary N) is 1. The first-order chi connectivity index (χ1) is 10.6. The van der Waals surface area contributed by atoms with Crippen molar-refractivity contribution < 1.29 is 13.9 Å². The molecule has 2 heterocycles. The van der Waals surface area contributed by atoms with Gasteiger partial charge in [-0.05, 0) is 49.4 Å². The van der Waals surface area contributed by atoms with Crippen LogP contribution in [-0.2, 0) is 0 Å². The zero-order chi connectivity index (χ0) is 15.3. The molecule has 0 aliphatic carbocycles. The highest BCUT2D eigenvalue weighted by Crippen LogP contribution is 2.35. The zero-order valence-electron chi connectivity index (χ0n) is 11.9. The lowest BCUT2D eigenvalue weighted by atomic mass is 10.0. The van der Waals surface area contributed by atoms with Gasteiger partial charge in [-0.3, -0.25) is 0 Å². The SMILES string of the molecule is OC1CNCCC1n1c2ccc(F)cc2c2cc(F)ccc21. The van der Waals surface area contributed by atoms with Crippen LogP contribution in [0.2, 0.25) is 0 Å². The van der Waals surface area contributed by atoms with Gasteiger partial charge in [0.05, 0.1) is 12.1 Å². The second kappa shape index (κ2) is 5.04. The summed E-state index contributed by atoms with van der Waals surface area (Å²) in [6.45, 7) is 1.33. The molecule has 5 heteroatoms. The fourth-order valence-corrected chi connectivity index (χ4v) is 3.48. The van der Waals surface area contributed by atoms with Gasteiger partial charge < -0.3 is 15.0 Å². The van der Waals surface area contributed by atoms with E-state index in [4.69, 9.17) is 0 Å². The molecule has 1 aliphatic heterocycles. The van der Waals surface area contributed by atoms with E-state index in [0.717, 1.165) is 24.0 Å². The summed E-state index contributed by atoms with van der Waals surface area (Å²) < 4.78 is 29.3. The van der Waals surface area contributed by atoms with Gasteiger partial charge in [0.25, 0.3) is 0 Å². The van der Waals surface area contributed by atoms with Gasteiger partial charge in [-0.2, -0.15) is 0 Å². The highest BCUT2D eigenvalue weighted by molar-refractivity contribution is 6.08. The Morgan fingerprint density at radius 3 is 2.14 bits per heavy atom. The Labute approximate surface area is 126 Å². The predicted octanol–water partition coefficient (Wildman–Crippen LogP) is 2.97. The number of rotatable bonds is 1. The van der Waals surface area contributed by atoms with Crippen molar-refractivity contribution >= 4 is 21.8 Å². The van der Waals surface area contributed by atoms with Crippen LogP contribution in [0.4, 0.5) is 8.78 Å². The summed E-state index contributed by atoms with van der Waals surface area (Å²) in [6, 6.07) is 8.98. The van der Waals surface area contributed by atoms with Gasteiger partial charge in [0, 0.05) is 28.4 Å². The van der Waals surface area contributed by atoms with Gasteiger partial charge in [0.2, 0.25) is 0 Å². The lowest BCUT2D eigenvalue weighted by molar-refractivity contribution is 0.0913. The van der Waals surface area contributed by atoms with Gasteiger partial charge >= 0.3 is 0 Å². The average Bonchev–Trinajstić information content (AvgIpc) is 2.81. The summed E-state index contributed by atoms with van der Waals surface area (Å²) in [5, 5.41) is 14.9. The Morgan fingerprint density at radius 1 is 1.00 bits per heavy atom. The molecule has 0 spiro atoms. The third kappa shape index (κ3) is 2.01. The van der Waals surface area contributed by atoms with Crippen molar-refractivity contribution in [1.82, 2.24) is 9.88 Å². The fraction of sp³-hybridized carbons (Fsp3) is 0.294. The van der Waals surface area contributed by atoms with E-state index in [1.54, 1.807) is 12.1 Å². The third-order valence-corrected chi connectivity index (χ3v) is 4.47. The number of β-amino-alcohol motifs (C(OH)–C–C–N with tert-alkyl or cyclic N) is 1. The molecule has 0 radical (unpaired) electrons. The maximum atomic E-state index is 13.6. The molecule has 1 aliphatic rings. The number of aliphatic hydroxyl groups excluding tert-OH is 1. The maximum absolute atomic E-state index is 13.6. The lowest BCUT2D eigenvalue weighted by Crippen LogP contribution is -2.41. The molecular weight excluding hydrogens is 286 g/mol. The van der Waals surface area contributed by atoms with E-state index in [1.165, 1.54) is 24.3 Å². The van der Waals surface area contributed by atoms with Gasteiger partial charge in [-0.1, -0.05) is 0 Å². The summed E-state index contributed by atoms with van der Waals surface area (Å²) in [6.07, 6.45) is 0.247. The van der Waals surface area contributed by atoms with Crippen LogP contribution in [0.5, 0.6) is 0 Å². The molecule has 114 valence electrons. The maximum Gasteiger partial charge on any atom is 0.123 e. The van der Waals surface area contributed by atoms with Crippen LogP contribution in [0.3, 0.4) is 0 Å². The summed E-state index contributed by atoms with van der Waals surface area (Å²) in [7, 11) is 0. The summed E-state index contributed by atoms with van der Waals surface area (Å²) in [5.41, 5.74) is 1.65. The number of nitrogens with zero attached hydrogens (tertiary/aromatic N) is 1. The molecular formula is C17H16F2N2O. The van der Waals surface area contributed by atoms with E-state index in [-0.39, 0.29) is 17.7 Å². The highest BCUT2D eigenvalue weighted by Gasteiger charge is 2.27. The van der Waals surface area contributed by atoms with Crippen molar-refractivity contribution in [3.8, 4) is 0 Å². The number of fused-ring (bicyclic) bond motifs is 3. The lowest BCUT2D eigenvalue weighted by Gasteiger charge is -2.31. The Kier molecular flexibility index (Phi) is 3.13. The minimum Gasteiger partial charge on any atom is -0.390 e. The Morgan fingerprint density at radius 2 is 1.59 bits per heavy atom. The van der Waals surface area contributed by atoms with E-state index in [9.17, 15) is 13.9 Å². The topological polar surface area (TPSA) is 37.2 Å². The molecule has 1 saturated heterocycles. The van der Waals surface area contributed by atoms with Gasteiger partial charge in [-0.25, -0.2) is 8.78 Å². The number of hydrogen-bond acceptors (Lipinski definition) is 2. The molecule has 1 aromatic heterocycles. The smallest absolute Gasteiger partial charge is 0.123 e. The van der Waals surface area contributed by atoms with Crippen molar-refractivity contribution in [1.29, 1.82) is 0 Å². The zero-order valence-corrected chi connectivity index (χ0v) is 11.9. The quantitative estimate of drug-likeness (QED) is 0.725. The van der Waals surface area contributed by atoms with Crippen LogP contribution < -0.4 is 5.32 Å². The molecule has 22 heavy (non-hydrogen) atoms. The Hall–Kier alpha value is -1.98. The Balaban J connectivity index is 2.06. The molecule has 0 bridgehead atoms. The van der Waals surface area contributed by atoms with E-state index in [0.29, 0.717) is 17.3 Å². The number of piperidine rings is 1. The molecule has 0 amide bonds. The van der Waals surface area contributed by atoms with Crippen molar-refractivity contribution in [3.05, 3.63) is 48.0 Å². The van der Waals surface area contributed by atoms with Crippen molar-refractivity contribution in [2.45, 2.75) is 18.6 Å². The number of halogens is 2. The first kappa shape index (κ1) is 13.7. The first-order valence-corrected chi connectivity index (χ1v) is 7.42. The number of benzene rings is 2. The second-order valence-electron chi connectivity index (χ2n) is 5.82. The molecule has 4 rings (SSSR count). The van der Waals surface area contributed by atoms with E-state index in [2.05, 4.69) is 5.32 Å². The minimum atomic E-state index is -0.525. The third-order valence-electron chi connectivity index (χ3n) is 4.47. The standard InChI is InChI=1S/C17H16F2N2O/c18-10-1-3-14-12(7-10)13-8-11(19)2-4-15(13)21(14)16-5-6-20-9-17(16)22/h1-4,7-8,16-17,20,22H,5-6,9H2. The van der Waals surface area contributed by atoms with Crippen LogP contribution in [0.15, 0.2) is 36.4 Å². The molecule has 0 saturated carbocycles. The molecule has 3 nitrogen and oxygen atoms in total. The highest BCUT2D eigenvalue weighted by atomic mass is 19.1. The monoisotopic (exact) mass is 302 g/mol. The van der Waals surface area contributed by atoms with Crippen LogP contribution in [0, 0.1) is 11.6 Å².